The topological polar surface area (TPSA) is 112 Å². The van der Waals surface area contributed by atoms with E-state index in [0.717, 1.165) is 19.3 Å². The number of nitrogens with one attached hydrogen (secondary N) is 1. The van der Waals surface area contributed by atoms with Gasteiger partial charge in [0.25, 0.3) is 0 Å². The molecular formula is C28H34FN3O5S. The van der Waals surface area contributed by atoms with Gasteiger partial charge in [0.15, 0.2) is 0 Å². The minimum absolute atomic E-state index is 0.00603. The largest absolute Gasteiger partial charge is 0.462 e. The van der Waals surface area contributed by atoms with Crippen LogP contribution in [0, 0.1) is 23.1 Å². The van der Waals surface area contributed by atoms with Crippen molar-refractivity contribution < 1.29 is 28.6 Å². The summed E-state index contributed by atoms with van der Waals surface area (Å²) >= 11 is 1.23. The molecule has 8 nitrogen and oxygen atoms in total. The van der Waals surface area contributed by atoms with Crippen LogP contribution in [-0.4, -0.2) is 58.6 Å². The Bertz CT molecular complexity index is 1220. The average Bonchev–Trinajstić information content (AvgIpc) is 3.60. The van der Waals surface area contributed by atoms with Crippen LogP contribution in [0.5, 0.6) is 0 Å². The molecule has 1 saturated heterocycles. The first-order chi connectivity index (χ1) is 18.0. The highest BCUT2D eigenvalue weighted by molar-refractivity contribution is 7.12. The number of amides is 1. The molecule has 2 heterocycles. The molecule has 204 valence electrons. The maximum atomic E-state index is 15.0. The summed E-state index contributed by atoms with van der Waals surface area (Å²) < 4.78 is 25.8. The number of hydrogen-bond donors (Lipinski definition) is 2. The normalized spacial score (nSPS) is 22.6. The maximum Gasteiger partial charge on any atom is 0.348 e. The molecule has 1 amide bonds. The zero-order valence-corrected chi connectivity index (χ0v) is 22.9. The molecule has 4 rings (SSSR count). The van der Waals surface area contributed by atoms with Gasteiger partial charge in [0.05, 0.1) is 24.3 Å². The van der Waals surface area contributed by atoms with E-state index < -0.39 is 35.9 Å². The Morgan fingerprint density at radius 3 is 2.71 bits per heavy atom. The molecule has 0 radical (unpaired) electrons. The van der Waals surface area contributed by atoms with E-state index in [1.807, 2.05) is 20.8 Å². The van der Waals surface area contributed by atoms with Gasteiger partial charge in [-0.3, -0.25) is 4.79 Å². The summed E-state index contributed by atoms with van der Waals surface area (Å²) in [6.45, 7) is 7.52. The van der Waals surface area contributed by atoms with Gasteiger partial charge in [-0.2, -0.15) is 5.26 Å². The number of nitriles is 1. The van der Waals surface area contributed by atoms with E-state index in [9.17, 15) is 20.0 Å². The molecule has 38 heavy (non-hydrogen) atoms. The molecule has 1 aliphatic heterocycles. The van der Waals surface area contributed by atoms with Crippen LogP contribution in [-0.2, 0) is 20.7 Å². The van der Waals surface area contributed by atoms with Gasteiger partial charge >= 0.3 is 5.97 Å². The Morgan fingerprint density at radius 1 is 1.29 bits per heavy atom. The summed E-state index contributed by atoms with van der Waals surface area (Å²) in [6, 6.07) is 6.90. The number of fused-ring (bicyclic) bond motifs is 2. The fraction of sp³-hybridized carbons (Fsp3) is 0.536. The predicted octanol–water partition coefficient (Wildman–Crippen LogP) is 4.23. The zero-order chi connectivity index (χ0) is 27.6. The zero-order valence-electron chi connectivity index (χ0n) is 22.1. The Balaban J connectivity index is 1.43. The smallest absolute Gasteiger partial charge is 0.348 e. The van der Waals surface area contributed by atoms with Gasteiger partial charge in [-0.05, 0) is 87.1 Å². The van der Waals surface area contributed by atoms with E-state index in [0.29, 0.717) is 21.6 Å². The number of esters is 1. The molecule has 1 unspecified atom stereocenters. The van der Waals surface area contributed by atoms with Crippen molar-refractivity contribution in [3.05, 3.63) is 45.9 Å². The van der Waals surface area contributed by atoms with E-state index in [1.54, 1.807) is 35.4 Å². The molecule has 1 aromatic heterocycles. The first-order valence-corrected chi connectivity index (χ1v) is 13.8. The summed E-state index contributed by atoms with van der Waals surface area (Å²) in [5.41, 5.74) is 0.995. The van der Waals surface area contributed by atoms with Gasteiger partial charge in [0.2, 0.25) is 12.3 Å². The number of likely N-dealkylation sites (tertiary alicyclic amines) is 1. The molecule has 2 aliphatic rings. The maximum absolute atomic E-state index is 15.0. The lowest BCUT2D eigenvalue weighted by molar-refractivity contribution is -0.254. The number of halogens is 1. The van der Waals surface area contributed by atoms with Gasteiger partial charge in [0, 0.05) is 12.5 Å². The van der Waals surface area contributed by atoms with Crippen molar-refractivity contribution >= 4 is 23.2 Å². The van der Waals surface area contributed by atoms with Crippen LogP contribution in [0.15, 0.2) is 29.6 Å². The SMILES string of the molecule is CCOC(=O)c1cc(-c2ccc(C[C@@H](C#N)NC(=O)[C@@H]3[C@H]4CC[C@H](C4)N3C(O)OC(C)(C)C)c(F)c2)cs1. The molecular weight excluding hydrogens is 509 g/mol. The second-order valence-corrected chi connectivity index (χ2v) is 11.7. The Morgan fingerprint density at radius 2 is 2.05 bits per heavy atom. The Hall–Kier alpha value is -2.84. The number of aliphatic hydroxyl groups is 1. The Labute approximate surface area is 226 Å². The van der Waals surface area contributed by atoms with E-state index in [-0.39, 0.29) is 30.9 Å². The van der Waals surface area contributed by atoms with Crippen molar-refractivity contribution in [3.8, 4) is 17.2 Å². The van der Waals surface area contributed by atoms with Gasteiger partial charge in [-0.15, -0.1) is 11.3 Å². The highest BCUT2D eigenvalue weighted by atomic mass is 32.1. The molecule has 2 fully saturated rings. The fourth-order valence-electron chi connectivity index (χ4n) is 5.36. The van der Waals surface area contributed by atoms with Gasteiger partial charge in [-0.25, -0.2) is 14.1 Å². The molecule has 1 aliphatic carbocycles. The lowest BCUT2D eigenvalue weighted by atomic mass is 9.97. The van der Waals surface area contributed by atoms with Crippen LogP contribution < -0.4 is 5.32 Å². The van der Waals surface area contributed by atoms with Crippen molar-refractivity contribution in [2.45, 2.75) is 83.5 Å². The van der Waals surface area contributed by atoms with Crippen LogP contribution in [0.1, 0.15) is 62.2 Å². The summed E-state index contributed by atoms with van der Waals surface area (Å²) in [5.74, 6) is -1.21. The van der Waals surface area contributed by atoms with Crippen LogP contribution in [0.4, 0.5) is 4.39 Å². The number of carbonyl (C=O) groups is 2. The average molecular weight is 544 g/mol. The van der Waals surface area contributed by atoms with E-state index in [2.05, 4.69) is 11.4 Å². The minimum Gasteiger partial charge on any atom is -0.462 e. The van der Waals surface area contributed by atoms with Crippen molar-refractivity contribution in [1.82, 2.24) is 10.2 Å². The molecule has 0 spiro atoms. The lowest BCUT2D eigenvalue weighted by Crippen LogP contribution is -2.57. The summed E-state index contributed by atoms with van der Waals surface area (Å²) in [5, 5.41) is 25.0. The molecule has 1 aromatic carbocycles. The first-order valence-electron chi connectivity index (χ1n) is 12.9. The number of ether oxygens (including phenoxy) is 2. The lowest BCUT2D eigenvalue weighted by Gasteiger charge is -2.39. The third kappa shape index (κ3) is 6.24. The second-order valence-electron chi connectivity index (χ2n) is 10.8. The van der Waals surface area contributed by atoms with Gasteiger partial charge in [-0.1, -0.05) is 12.1 Å². The number of piperidine rings is 1. The quantitative estimate of drug-likeness (QED) is 0.360. The molecule has 5 atom stereocenters. The van der Waals surface area contributed by atoms with Crippen LogP contribution in [0.25, 0.3) is 11.1 Å². The molecule has 1 saturated carbocycles. The van der Waals surface area contributed by atoms with E-state index in [4.69, 9.17) is 9.47 Å². The highest BCUT2D eigenvalue weighted by Gasteiger charge is 2.52. The first kappa shape index (κ1) is 28.2. The summed E-state index contributed by atoms with van der Waals surface area (Å²) in [7, 11) is 0. The standard InChI is InChI=1S/C28H34FN3O5S/c1-5-36-26(34)23-13-19(15-38-23)16-6-7-17(22(29)12-16)10-20(14-30)31-25(33)24-18-8-9-21(11-18)32(24)27(35)37-28(2,3)4/h6-7,12-13,15,18,20-21,24,27,35H,5,8-11H2,1-4H3,(H,31,33)/t18-,20-,21+,24-,27?/m0/s1. The van der Waals surface area contributed by atoms with E-state index in [1.165, 1.54) is 17.4 Å². The second kappa shape index (κ2) is 11.5. The van der Waals surface area contributed by atoms with Crippen LogP contribution >= 0.6 is 11.3 Å². The summed E-state index contributed by atoms with van der Waals surface area (Å²) in [4.78, 5) is 27.4. The number of hydrogen-bond acceptors (Lipinski definition) is 8. The van der Waals surface area contributed by atoms with Crippen molar-refractivity contribution in [2.24, 2.45) is 5.92 Å². The molecule has 2 N–H and O–H groups in total. The van der Waals surface area contributed by atoms with Gasteiger partial charge < -0.3 is 19.9 Å². The van der Waals surface area contributed by atoms with Crippen molar-refractivity contribution in [1.29, 1.82) is 5.26 Å². The third-order valence-electron chi connectivity index (χ3n) is 6.98. The molecule has 2 bridgehead atoms. The number of thiophene rings is 1. The molecule has 2 aromatic rings. The van der Waals surface area contributed by atoms with Crippen molar-refractivity contribution in [2.75, 3.05) is 6.61 Å². The van der Waals surface area contributed by atoms with Crippen molar-refractivity contribution in [3.63, 3.8) is 0 Å². The number of benzene rings is 1. The molecule has 10 heteroatoms. The number of nitrogens with zero attached hydrogens (tertiary/aromatic N) is 2. The third-order valence-corrected chi connectivity index (χ3v) is 7.89. The minimum atomic E-state index is -1.23. The number of carbonyl (C=O) groups excluding carboxylic acids is 2. The summed E-state index contributed by atoms with van der Waals surface area (Å²) in [6.07, 6.45) is 1.30. The monoisotopic (exact) mass is 543 g/mol. The Kier molecular flexibility index (Phi) is 8.52. The predicted molar refractivity (Wildman–Crippen MR) is 141 cm³/mol. The van der Waals surface area contributed by atoms with Crippen LogP contribution in [0.3, 0.4) is 0 Å². The highest BCUT2D eigenvalue weighted by Crippen LogP contribution is 2.44. The van der Waals surface area contributed by atoms with E-state index >= 15 is 4.39 Å². The van der Waals surface area contributed by atoms with Crippen LogP contribution in [0.2, 0.25) is 0 Å². The number of rotatable bonds is 9. The fourth-order valence-corrected chi connectivity index (χ4v) is 6.17. The number of aliphatic hydroxyl groups excluding tert-OH is 1. The van der Waals surface area contributed by atoms with Gasteiger partial charge in [0.1, 0.15) is 16.7 Å².